The number of methoxy groups -OCH3 is 1. The maximum absolute atomic E-state index is 12.6. The summed E-state index contributed by atoms with van der Waals surface area (Å²) in [4.78, 5) is 4.07. The fraction of sp³-hybridized carbons (Fsp3) is 0.417. The van der Waals surface area contributed by atoms with Gasteiger partial charge in [0.2, 0.25) is 0 Å². The predicted octanol–water partition coefficient (Wildman–Crippen LogP) is 2.73. The molecule has 0 aliphatic rings. The van der Waals surface area contributed by atoms with Crippen molar-refractivity contribution in [3.8, 4) is 0 Å². The predicted molar refractivity (Wildman–Crippen MR) is 71.0 cm³/mol. The largest absolute Gasteiger partial charge is 0.416 e. The number of hydrogen-bond donors (Lipinski definition) is 2. The molecule has 0 unspecified atom stereocenters. The molecule has 0 aliphatic heterocycles. The van der Waals surface area contributed by atoms with Crippen LogP contribution in [0.1, 0.15) is 5.56 Å². The number of fused-ring (bicyclic) bond motifs is 1. The first kappa shape index (κ1) is 15.0. The summed E-state index contributed by atoms with van der Waals surface area (Å²) in [5.74, 6) is 0. The number of aliphatic hydroxyl groups is 1. The number of nitrogens with zero attached hydrogens (tertiary/aromatic N) is 1. The number of thiazole rings is 1. The average Bonchev–Trinajstić information content (AvgIpc) is 2.77. The van der Waals surface area contributed by atoms with E-state index < -0.39 is 17.8 Å². The van der Waals surface area contributed by atoms with E-state index >= 15 is 0 Å². The summed E-state index contributed by atoms with van der Waals surface area (Å²) in [6, 6.07) is 3.44. The lowest BCUT2D eigenvalue weighted by Gasteiger charge is -2.09. The summed E-state index contributed by atoms with van der Waals surface area (Å²) in [6.07, 6.45) is -5.07. The smallest absolute Gasteiger partial charge is 0.389 e. The van der Waals surface area contributed by atoms with Crippen molar-refractivity contribution in [2.45, 2.75) is 12.3 Å². The van der Waals surface area contributed by atoms with Crippen molar-refractivity contribution >= 4 is 26.7 Å². The van der Waals surface area contributed by atoms with Gasteiger partial charge in [-0.05, 0) is 18.2 Å². The Morgan fingerprint density at radius 2 is 2.20 bits per heavy atom. The van der Waals surface area contributed by atoms with Crippen LogP contribution in [0, 0.1) is 0 Å². The Morgan fingerprint density at radius 3 is 2.85 bits per heavy atom. The molecule has 0 saturated heterocycles. The molecule has 110 valence electrons. The number of rotatable bonds is 5. The minimum atomic E-state index is -4.37. The fourth-order valence-corrected chi connectivity index (χ4v) is 2.49. The van der Waals surface area contributed by atoms with Gasteiger partial charge in [0.1, 0.15) is 0 Å². The Hall–Kier alpha value is -1.38. The standard InChI is InChI=1S/C12H13F3N2O2S/c1-19-6-8(18)5-16-11-17-9-4-7(12(13,14)15)2-3-10(9)20-11/h2-4,8,18H,5-6H2,1H3,(H,16,17)/t8-/m1/s1. The van der Waals surface area contributed by atoms with E-state index in [-0.39, 0.29) is 18.7 Å². The lowest BCUT2D eigenvalue weighted by molar-refractivity contribution is -0.137. The molecule has 1 atom stereocenters. The van der Waals surface area contributed by atoms with Crippen LogP contribution in [0.25, 0.3) is 10.2 Å². The van der Waals surface area contributed by atoms with Crippen LogP contribution in [0.5, 0.6) is 0 Å². The first-order chi connectivity index (χ1) is 9.40. The highest BCUT2D eigenvalue weighted by Crippen LogP contribution is 2.33. The minimum absolute atomic E-state index is 0.177. The van der Waals surface area contributed by atoms with E-state index in [0.29, 0.717) is 9.83 Å². The van der Waals surface area contributed by atoms with Gasteiger partial charge in [0.25, 0.3) is 0 Å². The van der Waals surface area contributed by atoms with E-state index in [4.69, 9.17) is 4.74 Å². The van der Waals surface area contributed by atoms with Gasteiger partial charge >= 0.3 is 6.18 Å². The monoisotopic (exact) mass is 306 g/mol. The number of nitrogens with one attached hydrogen (secondary N) is 1. The SMILES string of the molecule is COC[C@H](O)CNc1nc2cc(C(F)(F)F)ccc2s1. The molecule has 0 aliphatic carbocycles. The van der Waals surface area contributed by atoms with E-state index in [1.54, 1.807) is 0 Å². The highest BCUT2D eigenvalue weighted by molar-refractivity contribution is 7.22. The third-order valence-electron chi connectivity index (χ3n) is 2.56. The van der Waals surface area contributed by atoms with E-state index in [0.717, 1.165) is 12.1 Å². The van der Waals surface area contributed by atoms with Gasteiger partial charge < -0.3 is 15.2 Å². The summed E-state index contributed by atoms with van der Waals surface area (Å²) in [7, 11) is 1.47. The summed E-state index contributed by atoms with van der Waals surface area (Å²) >= 11 is 1.24. The lowest BCUT2D eigenvalue weighted by atomic mass is 10.2. The molecular formula is C12H13F3N2O2S. The molecule has 8 heteroatoms. The maximum Gasteiger partial charge on any atom is 0.416 e. The van der Waals surface area contributed by atoms with E-state index in [2.05, 4.69) is 10.3 Å². The second-order valence-electron chi connectivity index (χ2n) is 4.19. The third kappa shape index (κ3) is 3.59. The number of benzene rings is 1. The Labute approximate surface area is 117 Å². The molecule has 1 aromatic heterocycles. The number of hydrogen-bond acceptors (Lipinski definition) is 5. The maximum atomic E-state index is 12.6. The molecule has 0 amide bonds. The van der Waals surface area contributed by atoms with E-state index in [1.807, 2.05) is 0 Å². The molecule has 2 rings (SSSR count). The number of aromatic nitrogens is 1. The van der Waals surface area contributed by atoms with Gasteiger partial charge in [-0.3, -0.25) is 0 Å². The highest BCUT2D eigenvalue weighted by atomic mass is 32.1. The summed E-state index contributed by atoms with van der Waals surface area (Å²) in [6.45, 7) is 0.399. The number of ether oxygens (including phenoxy) is 1. The van der Waals surface area contributed by atoms with Crippen molar-refractivity contribution in [3.63, 3.8) is 0 Å². The molecule has 4 nitrogen and oxygen atoms in total. The van der Waals surface area contributed by atoms with Crippen molar-refractivity contribution in [3.05, 3.63) is 23.8 Å². The van der Waals surface area contributed by atoms with Crippen LogP contribution in [-0.2, 0) is 10.9 Å². The van der Waals surface area contributed by atoms with Crippen molar-refractivity contribution in [2.24, 2.45) is 0 Å². The molecule has 2 N–H and O–H groups in total. The van der Waals surface area contributed by atoms with Gasteiger partial charge in [-0.2, -0.15) is 13.2 Å². The average molecular weight is 306 g/mol. The summed E-state index contributed by atoms with van der Waals surface area (Å²) in [5.41, 5.74) is -0.435. The molecule has 0 saturated carbocycles. The van der Waals surface area contributed by atoms with Crippen LogP contribution in [0.15, 0.2) is 18.2 Å². The normalized spacial score (nSPS) is 13.7. The van der Waals surface area contributed by atoms with Crippen LogP contribution in [-0.4, -0.2) is 36.5 Å². The van der Waals surface area contributed by atoms with Crippen molar-refractivity contribution in [1.82, 2.24) is 4.98 Å². The summed E-state index contributed by atoms with van der Waals surface area (Å²) < 4.78 is 43.1. The molecule has 20 heavy (non-hydrogen) atoms. The molecule has 0 fully saturated rings. The van der Waals surface area contributed by atoms with Gasteiger partial charge in [-0.25, -0.2) is 4.98 Å². The third-order valence-corrected chi connectivity index (χ3v) is 3.56. The second kappa shape index (κ2) is 5.94. The van der Waals surface area contributed by atoms with E-state index in [1.165, 1.54) is 24.5 Å². The minimum Gasteiger partial charge on any atom is -0.389 e. The Morgan fingerprint density at radius 1 is 1.45 bits per heavy atom. The van der Waals surface area contributed by atoms with Crippen molar-refractivity contribution in [2.75, 3.05) is 25.6 Å². The van der Waals surface area contributed by atoms with Gasteiger partial charge in [-0.15, -0.1) is 0 Å². The van der Waals surface area contributed by atoms with Crippen LogP contribution in [0.3, 0.4) is 0 Å². The number of anilines is 1. The Bertz CT molecular complexity index is 586. The molecule has 1 aromatic carbocycles. The van der Waals surface area contributed by atoms with Crippen molar-refractivity contribution in [1.29, 1.82) is 0 Å². The lowest BCUT2D eigenvalue weighted by Crippen LogP contribution is -2.23. The first-order valence-corrected chi connectivity index (χ1v) is 6.60. The molecule has 1 heterocycles. The van der Waals surface area contributed by atoms with Crippen LogP contribution in [0.2, 0.25) is 0 Å². The molecule has 0 radical (unpaired) electrons. The van der Waals surface area contributed by atoms with E-state index in [9.17, 15) is 18.3 Å². The van der Waals surface area contributed by atoms with Crippen LogP contribution >= 0.6 is 11.3 Å². The fourth-order valence-electron chi connectivity index (χ4n) is 1.64. The zero-order valence-corrected chi connectivity index (χ0v) is 11.4. The van der Waals surface area contributed by atoms with Gasteiger partial charge in [-0.1, -0.05) is 11.3 Å². The van der Waals surface area contributed by atoms with Crippen LogP contribution in [0.4, 0.5) is 18.3 Å². The molecule has 0 bridgehead atoms. The zero-order valence-electron chi connectivity index (χ0n) is 10.6. The number of aliphatic hydroxyl groups excluding tert-OH is 1. The number of halogens is 3. The topological polar surface area (TPSA) is 54.4 Å². The number of alkyl halides is 3. The molecule has 2 aromatic rings. The van der Waals surface area contributed by atoms with Gasteiger partial charge in [0.05, 0.1) is 28.5 Å². The highest BCUT2D eigenvalue weighted by Gasteiger charge is 2.30. The summed E-state index contributed by atoms with van der Waals surface area (Å²) in [5, 5.41) is 12.8. The second-order valence-corrected chi connectivity index (χ2v) is 5.22. The van der Waals surface area contributed by atoms with Gasteiger partial charge in [0, 0.05) is 13.7 Å². The molecular weight excluding hydrogens is 293 g/mol. The van der Waals surface area contributed by atoms with Crippen molar-refractivity contribution < 1.29 is 23.0 Å². The van der Waals surface area contributed by atoms with Gasteiger partial charge in [0.15, 0.2) is 5.13 Å². The van der Waals surface area contributed by atoms with Crippen LogP contribution < -0.4 is 5.32 Å². The molecule has 0 spiro atoms. The zero-order chi connectivity index (χ0) is 14.8. The first-order valence-electron chi connectivity index (χ1n) is 5.79. The Balaban J connectivity index is 2.13. The quantitative estimate of drug-likeness (QED) is 0.892. The Kier molecular flexibility index (Phi) is 4.46.